The van der Waals surface area contributed by atoms with Crippen LogP contribution in [0.3, 0.4) is 0 Å². The van der Waals surface area contributed by atoms with Gasteiger partial charge in [0.05, 0.1) is 0 Å². The van der Waals surface area contributed by atoms with Crippen LogP contribution < -0.4 is 0 Å². The van der Waals surface area contributed by atoms with E-state index in [4.69, 9.17) is 23.2 Å². The Labute approximate surface area is 60.9 Å². The van der Waals surface area contributed by atoms with E-state index in [1.54, 1.807) is 0 Å². The van der Waals surface area contributed by atoms with Crippen LogP contribution in [0.25, 0.3) is 0 Å². The molecule has 0 saturated heterocycles. The van der Waals surface area contributed by atoms with Crippen molar-refractivity contribution in [2.75, 3.05) is 11.8 Å². The molecule has 0 fully saturated rings. The summed E-state index contributed by atoms with van der Waals surface area (Å²) in [6.07, 6.45) is 0. The zero-order chi connectivity index (χ0) is 5.54. The van der Waals surface area contributed by atoms with Crippen molar-refractivity contribution < 1.29 is 0 Å². The van der Waals surface area contributed by atoms with Crippen molar-refractivity contribution in [1.29, 1.82) is 0 Å². The van der Waals surface area contributed by atoms with Gasteiger partial charge in [-0.05, 0) is 0 Å². The highest BCUT2D eigenvalue weighted by molar-refractivity contribution is 6.39. The second-order valence-electron chi connectivity index (χ2n) is 1.24. The standard InChI is InChI=1S/2C2H4Cl.Al/c2*1-2-3;/h2*1-2H2;. The van der Waals surface area contributed by atoms with Crippen molar-refractivity contribution in [3.63, 3.8) is 0 Å². The number of rotatable bonds is 4. The molecule has 0 aliphatic heterocycles. The van der Waals surface area contributed by atoms with Crippen LogP contribution in [0.2, 0.25) is 10.6 Å². The van der Waals surface area contributed by atoms with Gasteiger partial charge in [0, 0.05) is 11.8 Å². The molecule has 0 aliphatic carbocycles. The van der Waals surface area contributed by atoms with Crippen LogP contribution in [0.1, 0.15) is 0 Å². The Morgan fingerprint density at radius 3 is 1.71 bits per heavy atom. The minimum Gasteiger partial charge on any atom is -0.128 e. The van der Waals surface area contributed by atoms with E-state index in [1.807, 2.05) is 0 Å². The molecule has 0 saturated carbocycles. The second kappa shape index (κ2) is 7.11. The summed E-state index contributed by atoms with van der Waals surface area (Å²) in [7, 11) is 0. The van der Waals surface area contributed by atoms with Gasteiger partial charge in [0.2, 0.25) is 15.2 Å². The van der Waals surface area contributed by atoms with Crippen molar-refractivity contribution in [1.82, 2.24) is 0 Å². The molecule has 0 nitrogen and oxygen atoms in total. The molecular formula is C4H8AlCl2. The highest BCUT2D eigenvalue weighted by Crippen LogP contribution is 1.89. The van der Waals surface area contributed by atoms with Crippen LogP contribution in [0, 0.1) is 0 Å². The SMILES string of the molecule is ClC[CH2][Al][CH2]CCl. The third kappa shape index (κ3) is 7.11. The molecule has 0 atom stereocenters. The zero-order valence-electron chi connectivity index (χ0n) is 4.16. The molecule has 0 unspecified atom stereocenters. The van der Waals surface area contributed by atoms with Crippen molar-refractivity contribution in [2.24, 2.45) is 0 Å². The van der Waals surface area contributed by atoms with Crippen LogP contribution in [-0.4, -0.2) is 27.0 Å². The maximum Gasteiger partial charge on any atom is 0.203 e. The van der Waals surface area contributed by atoms with Gasteiger partial charge in [-0.15, -0.1) is 23.2 Å². The summed E-state index contributed by atoms with van der Waals surface area (Å²) in [4.78, 5) is 0. The summed E-state index contributed by atoms with van der Waals surface area (Å²) in [6, 6.07) is 0. The Morgan fingerprint density at radius 1 is 1.00 bits per heavy atom. The van der Waals surface area contributed by atoms with Gasteiger partial charge in [0.15, 0.2) is 0 Å². The van der Waals surface area contributed by atoms with Gasteiger partial charge >= 0.3 is 0 Å². The van der Waals surface area contributed by atoms with E-state index in [0.29, 0.717) is 15.2 Å². The molecule has 41 valence electrons. The fraction of sp³-hybridized carbons (Fsp3) is 1.00. The van der Waals surface area contributed by atoms with Crippen molar-refractivity contribution in [3.8, 4) is 0 Å². The average Bonchev–Trinajstić information content (AvgIpc) is 1.69. The number of hydrogen-bond donors (Lipinski definition) is 0. The summed E-state index contributed by atoms with van der Waals surface area (Å²) in [6.45, 7) is 0. The Morgan fingerprint density at radius 2 is 1.43 bits per heavy atom. The molecule has 1 radical (unpaired) electrons. The first-order valence-electron chi connectivity index (χ1n) is 2.35. The van der Waals surface area contributed by atoms with Gasteiger partial charge in [-0.3, -0.25) is 0 Å². The van der Waals surface area contributed by atoms with Gasteiger partial charge < -0.3 is 0 Å². The quantitative estimate of drug-likeness (QED) is 0.330. The molecule has 0 bridgehead atoms. The molecule has 0 rings (SSSR count). The lowest BCUT2D eigenvalue weighted by Gasteiger charge is -1.85. The van der Waals surface area contributed by atoms with Gasteiger partial charge in [-0.1, -0.05) is 10.6 Å². The van der Waals surface area contributed by atoms with Crippen LogP contribution in [-0.2, 0) is 0 Å². The first-order chi connectivity index (χ1) is 3.41. The van der Waals surface area contributed by atoms with Crippen molar-refractivity contribution >= 4 is 38.4 Å². The number of hydrogen-bond acceptors (Lipinski definition) is 0. The summed E-state index contributed by atoms with van der Waals surface area (Å²) in [5, 5.41) is 2.38. The molecule has 0 aromatic heterocycles. The third-order valence-electron chi connectivity index (χ3n) is 0.626. The molecule has 0 aromatic carbocycles. The van der Waals surface area contributed by atoms with Gasteiger partial charge in [-0.25, -0.2) is 0 Å². The lowest BCUT2D eigenvalue weighted by atomic mass is 10.9. The fourth-order valence-corrected chi connectivity index (χ4v) is 1.82. The maximum atomic E-state index is 5.42. The molecule has 0 aliphatic rings. The summed E-state index contributed by atoms with van der Waals surface area (Å²) in [5.41, 5.74) is 0. The van der Waals surface area contributed by atoms with Crippen LogP contribution in [0.5, 0.6) is 0 Å². The smallest absolute Gasteiger partial charge is 0.128 e. The van der Waals surface area contributed by atoms with Gasteiger partial charge in [-0.2, -0.15) is 0 Å². The molecule has 0 amide bonds. The third-order valence-corrected chi connectivity index (χ3v) is 3.19. The number of halogens is 2. The molecule has 0 heterocycles. The zero-order valence-corrected chi connectivity index (χ0v) is 6.83. The van der Waals surface area contributed by atoms with E-state index in [9.17, 15) is 0 Å². The maximum absolute atomic E-state index is 5.42. The lowest BCUT2D eigenvalue weighted by molar-refractivity contribution is 1.37. The van der Waals surface area contributed by atoms with E-state index < -0.39 is 0 Å². The van der Waals surface area contributed by atoms with E-state index in [0.717, 1.165) is 11.8 Å². The summed E-state index contributed by atoms with van der Waals surface area (Å²) < 4.78 is 0. The predicted octanol–water partition coefficient (Wildman–Crippen LogP) is 2.00. The van der Waals surface area contributed by atoms with Crippen LogP contribution >= 0.6 is 23.2 Å². The molecule has 3 heteroatoms. The van der Waals surface area contributed by atoms with Gasteiger partial charge in [0.1, 0.15) is 0 Å². The molecule has 0 spiro atoms. The summed E-state index contributed by atoms with van der Waals surface area (Å²) >= 11 is 11.4. The molecular weight excluding hydrogens is 146 g/mol. The highest BCUT2D eigenvalue weighted by atomic mass is 35.5. The monoisotopic (exact) mass is 153 g/mol. The average molecular weight is 154 g/mol. The fourth-order valence-electron chi connectivity index (χ4n) is 0.299. The lowest BCUT2D eigenvalue weighted by Crippen LogP contribution is -1.89. The Kier molecular flexibility index (Phi) is 8.24. The van der Waals surface area contributed by atoms with E-state index in [2.05, 4.69) is 0 Å². The van der Waals surface area contributed by atoms with E-state index in [-0.39, 0.29) is 0 Å². The molecule has 0 aromatic rings. The largest absolute Gasteiger partial charge is 0.203 e. The van der Waals surface area contributed by atoms with E-state index >= 15 is 0 Å². The van der Waals surface area contributed by atoms with E-state index in [1.165, 1.54) is 10.6 Å². The minimum atomic E-state index is 0.558. The molecule has 7 heavy (non-hydrogen) atoms. The Balaban J connectivity index is 2.45. The van der Waals surface area contributed by atoms with Crippen molar-refractivity contribution in [2.45, 2.75) is 10.6 Å². The normalized spacial score (nSPS) is 8.86. The Bertz CT molecular complexity index is 28.9. The number of alkyl halides is 2. The van der Waals surface area contributed by atoms with Gasteiger partial charge in [0.25, 0.3) is 0 Å². The van der Waals surface area contributed by atoms with Crippen LogP contribution in [0.4, 0.5) is 0 Å². The van der Waals surface area contributed by atoms with Crippen molar-refractivity contribution in [3.05, 3.63) is 0 Å². The van der Waals surface area contributed by atoms with Crippen LogP contribution in [0.15, 0.2) is 0 Å². The minimum absolute atomic E-state index is 0.558. The topological polar surface area (TPSA) is 0 Å². The molecule has 0 N–H and O–H groups in total. The first-order valence-corrected chi connectivity index (χ1v) is 5.05. The highest BCUT2D eigenvalue weighted by Gasteiger charge is 1.86. The second-order valence-corrected chi connectivity index (χ2v) is 3.73. The Hall–Kier alpha value is 1.11. The first kappa shape index (κ1) is 8.11. The summed E-state index contributed by atoms with van der Waals surface area (Å²) in [5.74, 6) is 1.62. The predicted molar refractivity (Wildman–Crippen MR) is 36.8 cm³/mol.